The van der Waals surface area contributed by atoms with E-state index in [-0.39, 0.29) is 6.10 Å². The lowest BCUT2D eigenvalue weighted by atomic mass is 10.1. The second-order valence-electron chi connectivity index (χ2n) is 7.01. The fraction of sp³-hybridized carbons (Fsp3) is 0.429. The van der Waals surface area contributed by atoms with Crippen LogP contribution in [-0.2, 0) is 16.4 Å². The van der Waals surface area contributed by atoms with Crippen LogP contribution in [0.25, 0.3) is 0 Å². The van der Waals surface area contributed by atoms with Crippen LogP contribution in [0.3, 0.4) is 0 Å². The first kappa shape index (κ1) is 19.7. The average molecular weight is 389 g/mol. The minimum Gasteiger partial charge on any atom is -0.491 e. The number of rotatable bonds is 6. The smallest absolute Gasteiger partial charge is 0.243 e. The highest BCUT2D eigenvalue weighted by Gasteiger charge is 2.29. The van der Waals surface area contributed by atoms with Gasteiger partial charge in [-0.05, 0) is 56.2 Å². The summed E-state index contributed by atoms with van der Waals surface area (Å²) in [7, 11) is -3.48. The zero-order chi connectivity index (χ0) is 19.4. The largest absolute Gasteiger partial charge is 0.491 e. The number of aryl methyl sites for hydroxylation is 1. The van der Waals surface area contributed by atoms with E-state index < -0.39 is 10.0 Å². The first-order chi connectivity index (χ1) is 12.9. The highest BCUT2D eigenvalue weighted by molar-refractivity contribution is 7.89. The lowest BCUT2D eigenvalue weighted by molar-refractivity contribution is 0.242. The maximum absolute atomic E-state index is 13.0. The van der Waals surface area contributed by atoms with Crippen molar-refractivity contribution >= 4 is 15.7 Å². The highest BCUT2D eigenvalue weighted by Crippen LogP contribution is 2.25. The predicted molar refractivity (Wildman–Crippen MR) is 109 cm³/mol. The summed E-state index contributed by atoms with van der Waals surface area (Å²) in [5.41, 5.74) is 2.52. The van der Waals surface area contributed by atoms with Crippen molar-refractivity contribution in [3.8, 4) is 5.75 Å². The monoisotopic (exact) mass is 388 g/mol. The zero-order valence-electron chi connectivity index (χ0n) is 16.3. The molecule has 5 nitrogen and oxygen atoms in total. The van der Waals surface area contributed by atoms with E-state index in [4.69, 9.17) is 4.74 Å². The van der Waals surface area contributed by atoms with Crippen LogP contribution in [0, 0.1) is 0 Å². The minimum absolute atomic E-state index is 0.0616. The molecule has 0 aliphatic carbocycles. The predicted octanol–water partition coefficient (Wildman–Crippen LogP) is 3.55. The summed E-state index contributed by atoms with van der Waals surface area (Å²) in [5.74, 6) is 0.685. The average Bonchev–Trinajstić information content (AvgIpc) is 2.68. The number of ether oxygens (including phenoxy) is 1. The molecule has 3 rings (SSSR count). The van der Waals surface area contributed by atoms with E-state index in [1.165, 1.54) is 11.3 Å². The van der Waals surface area contributed by atoms with E-state index in [1.807, 2.05) is 19.9 Å². The van der Waals surface area contributed by atoms with Crippen molar-refractivity contribution in [3.63, 3.8) is 0 Å². The van der Waals surface area contributed by atoms with Crippen LogP contribution in [0.15, 0.2) is 53.4 Å². The van der Waals surface area contributed by atoms with Gasteiger partial charge in [0.1, 0.15) is 5.75 Å². The molecule has 1 aliphatic heterocycles. The quantitative estimate of drug-likeness (QED) is 0.759. The van der Waals surface area contributed by atoms with Crippen molar-refractivity contribution in [1.29, 1.82) is 0 Å². The fourth-order valence-corrected chi connectivity index (χ4v) is 4.82. The molecular weight excluding hydrogens is 360 g/mol. The molecule has 0 radical (unpaired) electrons. The maximum atomic E-state index is 13.0. The van der Waals surface area contributed by atoms with Gasteiger partial charge in [0.2, 0.25) is 10.0 Å². The molecule has 1 heterocycles. The molecule has 0 unspecified atom stereocenters. The number of piperazine rings is 1. The molecular formula is C21H28N2O3S. The standard InChI is InChI=1S/C21H28N2O3S/c1-4-18-7-5-6-8-21(18)22-13-15-23(16-14-22)27(24,25)20-11-9-19(10-12-20)26-17(2)3/h5-12,17H,4,13-16H2,1-3H3. The fourth-order valence-electron chi connectivity index (χ4n) is 3.40. The molecule has 2 aromatic carbocycles. The Morgan fingerprint density at radius 3 is 2.19 bits per heavy atom. The number of nitrogens with zero attached hydrogens (tertiary/aromatic N) is 2. The lowest BCUT2D eigenvalue weighted by Gasteiger charge is -2.36. The van der Waals surface area contributed by atoms with E-state index in [2.05, 4.69) is 30.0 Å². The third kappa shape index (κ3) is 4.45. The lowest BCUT2D eigenvalue weighted by Crippen LogP contribution is -2.48. The van der Waals surface area contributed by atoms with E-state index in [9.17, 15) is 8.42 Å². The molecule has 146 valence electrons. The number of hydrogen-bond acceptors (Lipinski definition) is 4. The number of benzene rings is 2. The molecule has 0 atom stereocenters. The molecule has 0 N–H and O–H groups in total. The summed E-state index contributed by atoms with van der Waals surface area (Å²) < 4.78 is 33.1. The van der Waals surface area contributed by atoms with Crippen molar-refractivity contribution in [1.82, 2.24) is 4.31 Å². The Labute approximate surface area is 162 Å². The Morgan fingerprint density at radius 2 is 1.59 bits per heavy atom. The molecule has 0 aromatic heterocycles. The summed E-state index contributed by atoms with van der Waals surface area (Å²) in [6.07, 6.45) is 1.03. The van der Waals surface area contributed by atoms with E-state index in [0.29, 0.717) is 36.8 Å². The summed E-state index contributed by atoms with van der Waals surface area (Å²) in [6, 6.07) is 15.1. The van der Waals surface area contributed by atoms with Crippen LogP contribution in [0.5, 0.6) is 5.75 Å². The summed E-state index contributed by atoms with van der Waals surface area (Å²) in [4.78, 5) is 2.60. The van der Waals surface area contributed by atoms with Gasteiger partial charge in [-0.1, -0.05) is 25.1 Å². The Kier molecular flexibility index (Phi) is 6.07. The molecule has 0 amide bonds. The van der Waals surface area contributed by atoms with Crippen molar-refractivity contribution in [2.45, 2.75) is 38.2 Å². The summed E-state index contributed by atoms with van der Waals surface area (Å²) in [6.45, 7) is 8.42. The number of hydrogen-bond donors (Lipinski definition) is 0. The third-order valence-corrected chi connectivity index (χ3v) is 6.70. The number of sulfonamides is 1. The molecule has 0 bridgehead atoms. The molecule has 1 aliphatic rings. The van der Waals surface area contributed by atoms with Crippen LogP contribution in [-0.4, -0.2) is 45.0 Å². The molecule has 0 spiro atoms. The van der Waals surface area contributed by atoms with Gasteiger partial charge >= 0.3 is 0 Å². The van der Waals surface area contributed by atoms with Crippen molar-refractivity contribution in [2.75, 3.05) is 31.1 Å². The Balaban J connectivity index is 1.69. The van der Waals surface area contributed by atoms with Crippen LogP contribution >= 0.6 is 0 Å². The van der Waals surface area contributed by atoms with Crippen molar-refractivity contribution in [2.24, 2.45) is 0 Å². The minimum atomic E-state index is -3.48. The molecule has 2 aromatic rings. The topological polar surface area (TPSA) is 49.9 Å². The van der Waals surface area contributed by atoms with E-state index >= 15 is 0 Å². The van der Waals surface area contributed by atoms with Gasteiger partial charge < -0.3 is 9.64 Å². The molecule has 27 heavy (non-hydrogen) atoms. The van der Waals surface area contributed by atoms with Gasteiger partial charge in [0.15, 0.2) is 0 Å². The summed E-state index contributed by atoms with van der Waals surface area (Å²) in [5, 5.41) is 0. The maximum Gasteiger partial charge on any atom is 0.243 e. The Hall–Kier alpha value is -2.05. The van der Waals surface area contributed by atoms with Gasteiger partial charge in [-0.15, -0.1) is 0 Å². The van der Waals surface area contributed by atoms with E-state index in [0.717, 1.165) is 6.42 Å². The number of para-hydroxylation sites is 1. The Morgan fingerprint density at radius 1 is 0.963 bits per heavy atom. The normalized spacial score (nSPS) is 15.9. The van der Waals surface area contributed by atoms with Gasteiger partial charge in [0, 0.05) is 31.9 Å². The molecule has 1 saturated heterocycles. The zero-order valence-corrected chi connectivity index (χ0v) is 17.1. The highest BCUT2D eigenvalue weighted by atomic mass is 32.2. The van der Waals surface area contributed by atoms with E-state index in [1.54, 1.807) is 28.6 Å². The SMILES string of the molecule is CCc1ccccc1N1CCN(S(=O)(=O)c2ccc(OC(C)C)cc2)CC1. The van der Waals surface area contributed by atoms with Gasteiger partial charge in [-0.3, -0.25) is 0 Å². The van der Waals surface area contributed by atoms with Crippen LogP contribution in [0.2, 0.25) is 0 Å². The van der Waals surface area contributed by atoms with Crippen LogP contribution < -0.4 is 9.64 Å². The van der Waals surface area contributed by atoms with Crippen LogP contribution in [0.1, 0.15) is 26.3 Å². The van der Waals surface area contributed by atoms with Crippen molar-refractivity contribution < 1.29 is 13.2 Å². The Bertz CT molecular complexity index is 855. The molecule has 6 heteroatoms. The number of anilines is 1. The second kappa shape index (κ2) is 8.31. The van der Waals surface area contributed by atoms with Gasteiger partial charge in [-0.25, -0.2) is 8.42 Å². The summed E-state index contributed by atoms with van der Waals surface area (Å²) >= 11 is 0. The van der Waals surface area contributed by atoms with Crippen LogP contribution in [0.4, 0.5) is 5.69 Å². The molecule has 0 saturated carbocycles. The first-order valence-electron chi connectivity index (χ1n) is 9.51. The third-order valence-electron chi connectivity index (χ3n) is 4.79. The van der Waals surface area contributed by atoms with Gasteiger partial charge in [0.25, 0.3) is 0 Å². The van der Waals surface area contributed by atoms with Gasteiger partial charge in [-0.2, -0.15) is 4.31 Å². The first-order valence-corrected chi connectivity index (χ1v) is 11.0. The van der Waals surface area contributed by atoms with Crippen molar-refractivity contribution in [3.05, 3.63) is 54.1 Å². The van der Waals surface area contributed by atoms with Gasteiger partial charge in [0.05, 0.1) is 11.0 Å². The molecule has 1 fully saturated rings. The second-order valence-corrected chi connectivity index (χ2v) is 8.95.